The first kappa shape index (κ1) is 10.7. The van der Waals surface area contributed by atoms with Crippen molar-refractivity contribution in [2.75, 3.05) is 0 Å². The quantitative estimate of drug-likeness (QED) is 0.800. The highest BCUT2D eigenvalue weighted by molar-refractivity contribution is 5.04. The van der Waals surface area contributed by atoms with Gasteiger partial charge in [-0.15, -0.1) is 0 Å². The number of furan rings is 1. The molecular formula is C12H20N2O. The summed E-state index contributed by atoms with van der Waals surface area (Å²) < 4.78 is 5.37. The molecule has 1 aliphatic carbocycles. The van der Waals surface area contributed by atoms with E-state index in [1.165, 1.54) is 19.3 Å². The Labute approximate surface area is 91.0 Å². The highest BCUT2D eigenvalue weighted by Crippen LogP contribution is 2.21. The van der Waals surface area contributed by atoms with Gasteiger partial charge in [0.1, 0.15) is 5.76 Å². The van der Waals surface area contributed by atoms with Crippen molar-refractivity contribution < 1.29 is 4.42 Å². The summed E-state index contributed by atoms with van der Waals surface area (Å²) >= 11 is 0. The lowest BCUT2D eigenvalue weighted by Crippen LogP contribution is -2.47. The van der Waals surface area contributed by atoms with Crippen LogP contribution in [0.15, 0.2) is 22.8 Å². The molecule has 2 rings (SSSR count). The minimum atomic E-state index is 0.258. The monoisotopic (exact) mass is 208 g/mol. The minimum absolute atomic E-state index is 0.258. The van der Waals surface area contributed by atoms with Gasteiger partial charge in [-0.05, 0) is 31.9 Å². The lowest BCUT2D eigenvalue weighted by atomic mass is 9.90. The molecule has 3 heteroatoms. The fourth-order valence-corrected chi connectivity index (χ4v) is 2.31. The van der Waals surface area contributed by atoms with Crippen LogP contribution in [0, 0.1) is 0 Å². The molecule has 0 aliphatic heterocycles. The Kier molecular flexibility index (Phi) is 3.44. The number of rotatable bonds is 3. The summed E-state index contributed by atoms with van der Waals surface area (Å²) in [6.07, 6.45) is 6.60. The fraction of sp³-hybridized carbons (Fsp3) is 0.667. The van der Waals surface area contributed by atoms with Gasteiger partial charge in [-0.1, -0.05) is 12.8 Å². The molecule has 0 bridgehead atoms. The predicted octanol–water partition coefficient (Wildman–Crippen LogP) is 2.20. The van der Waals surface area contributed by atoms with Crippen molar-refractivity contribution in [1.29, 1.82) is 0 Å². The summed E-state index contributed by atoms with van der Waals surface area (Å²) in [6.45, 7) is 2.13. The third kappa shape index (κ3) is 2.61. The third-order valence-corrected chi connectivity index (χ3v) is 3.25. The molecular weight excluding hydrogens is 188 g/mol. The first-order valence-corrected chi connectivity index (χ1v) is 5.82. The highest BCUT2D eigenvalue weighted by Gasteiger charge is 2.23. The van der Waals surface area contributed by atoms with E-state index < -0.39 is 0 Å². The second kappa shape index (κ2) is 4.81. The second-order valence-corrected chi connectivity index (χ2v) is 4.46. The van der Waals surface area contributed by atoms with Crippen LogP contribution in [-0.4, -0.2) is 12.1 Å². The van der Waals surface area contributed by atoms with E-state index in [4.69, 9.17) is 10.2 Å². The van der Waals surface area contributed by atoms with Crippen LogP contribution in [0.2, 0.25) is 0 Å². The third-order valence-electron chi connectivity index (χ3n) is 3.25. The largest absolute Gasteiger partial charge is 0.468 e. The topological polar surface area (TPSA) is 51.2 Å². The van der Waals surface area contributed by atoms with Crippen molar-refractivity contribution in [1.82, 2.24) is 5.32 Å². The maximum absolute atomic E-state index is 6.09. The molecule has 0 amide bonds. The van der Waals surface area contributed by atoms with E-state index in [1.54, 1.807) is 6.26 Å². The molecule has 1 aromatic rings. The molecule has 3 N–H and O–H groups in total. The van der Waals surface area contributed by atoms with Crippen LogP contribution in [0.5, 0.6) is 0 Å². The molecule has 3 atom stereocenters. The van der Waals surface area contributed by atoms with Crippen LogP contribution in [-0.2, 0) is 0 Å². The zero-order valence-electron chi connectivity index (χ0n) is 9.28. The van der Waals surface area contributed by atoms with Gasteiger partial charge in [0.25, 0.3) is 0 Å². The van der Waals surface area contributed by atoms with Crippen LogP contribution in [0.1, 0.15) is 44.4 Å². The number of nitrogens with one attached hydrogen (secondary N) is 1. The van der Waals surface area contributed by atoms with E-state index in [0.717, 1.165) is 12.2 Å². The molecule has 1 aliphatic rings. The molecule has 84 valence electrons. The van der Waals surface area contributed by atoms with Crippen molar-refractivity contribution >= 4 is 0 Å². The van der Waals surface area contributed by atoms with Gasteiger partial charge in [-0.25, -0.2) is 0 Å². The number of hydrogen-bond acceptors (Lipinski definition) is 3. The van der Waals surface area contributed by atoms with E-state index in [1.807, 2.05) is 12.1 Å². The zero-order valence-corrected chi connectivity index (χ0v) is 9.28. The Morgan fingerprint density at radius 1 is 1.47 bits per heavy atom. The van der Waals surface area contributed by atoms with Crippen molar-refractivity contribution in [3.05, 3.63) is 24.2 Å². The Hall–Kier alpha value is -0.800. The fourth-order valence-electron chi connectivity index (χ4n) is 2.31. The van der Waals surface area contributed by atoms with Gasteiger partial charge < -0.3 is 15.5 Å². The highest BCUT2D eigenvalue weighted by atomic mass is 16.3. The van der Waals surface area contributed by atoms with Gasteiger partial charge in [-0.3, -0.25) is 0 Å². The van der Waals surface area contributed by atoms with E-state index >= 15 is 0 Å². The van der Waals surface area contributed by atoms with Crippen LogP contribution >= 0.6 is 0 Å². The minimum Gasteiger partial charge on any atom is -0.468 e. The maximum Gasteiger partial charge on any atom is 0.120 e. The molecule has 0 unspecified atom stereocenters. The van der Waals surface area contributed by atoms with Gasteiger partial charge in [0.15, 0.2) is 0 Å². The van der Waals surface area contributed by atoms with Gasteiger partial charge in [0.05, 0.1) is 12.3 Å². The molecule has 0 saturated heterocycles. The SMILES string of the molecule is C[C@@H](N[C@H]1CCCC[C@@H]1N)c1ccco1. The van der Waals surface area contributed by atoms with E-state index in [-0.39, 0.29) is 6.04 Å². The van der Waals surface area contributed by atoms with Gasteiger partial charge in [-0.2, -0.15) is 0 Å². The van der Waals surface area contributed by atoms with Gasteiger partial charge >= 0.3 is 0 Å². The van der Waals surface area contributed by atoms with Crippen molar-refractivity contribution in [3.8, 4) is 0 Å². The molecule has 15 heavy (non-hydrogen) atoms. The molecule has 1 aromatic heterocycles. The van der Waals surface area contributed by atoms with Crippen LogP contribution in [0.3, 0.4) is 0 Å². The van der Waals surface area contributed by atoms with Gasteiger partial charge in [0, 0.05) is 12.1 Å². The summed E-state index contributed by atoms with van der Waals surface area (Å²) in [5.41, 5.74) is 6.09. The summed E-state index contributed by atoms with van der Waals surface area (Å²) in [5.74, 6) is 0.993. The maximum atomic E-state index is 6.09. The first-order chi connectivity index (χ1) is 7.27. The molecule has 0 radical (unpaired) electrons. The van der Waals surface area contributed by atoms with Crippen LogP contribution < -0.4 is 11.1 Å². The molecule has 0 spiro atoms. The number of nitrogens with two attached hydrogens (primary N) is 1. The van der Waals surface area contributed by atoms with Gasteiger partial charge in [0.2, 0.25) is 0 Å². The first-order valence-electron chi connectivity index (χ1n) is 5.82. The van der Waals surface area contributed by atoms with Crippen molar-refractivity contribution in [3.63, 3.8) is 0 Å². The summed E-state index contributed by atoms with van der Waals surface area (Å²) in [5, 5.41) is 3.55. The zero-order chi connectivity index (χ0) is 10.7. The Morgan fingerprint density at radius 3 is 2.93 bits per heavy atom. The average molecular weight is 208 g/mol. The molecule has 0 aromatic carbocycles. The van der Waals surface area contributed by atoms with Crippen LogP contribution in [0.4, 0.5) is 0 Å². The summed E-state index contributed by atoms with van der Waals surface area (Å²) in [7, 11) is 0. The standard InChI is InChI=1S/C12H20N2O/c1-9(12-7-4-8-15-12)14-11-6-3-2-5-10(11)13/h4,7-11,14H,2-3,5-6,13H2,1H3/t9-,10+,11+/m1/s1. The summed E-state index contributed by atoms with van der Waals surface area (Å²) in [4.78, 5) is 0. The Balaban J connectivity index is 1.90. The Morgan fingerprint density at radius 2 is 2.27 bits per heavy atom. The van der Waals surface area contributed by atoms with E-state index in [9.17, 15) is 0 Å². The second-order valence-electron chi connectivity index (χ2n) is 4.46. The molecule has 1 fully saturated rings. The molecule has 1 saturated carbocycles. The predicted molar refractivity (Wildman–Crippen MR) is 60.5 cm³/mol. The van der Waals surface area contributed by atoms with Crippen molar-refractivity contribution in [2.24, 2.45) is 5.73 Å². The van der Waals surface area contributed by atoms with E-state index in [0.29, 0.717) is 12.1 Å². The normalized spacial score (nSPS) is 28.9. The van der Waals surface area contributed by atoms with Crippen LogP contribution in [0.25, 0.3) is 0 Å². The van der Waals surface area contributed by atoms with Crippen molar-refractivity contribution in [2.45, 2.75) is 50.7 Å². The Bertz CT molecular complexity index is 284. The summed E-state index contributed by atoms with van der Waals surface area (Å²) in [6, 6.07) is 4.93. The molecule has 1 heterocycles. The van der Waals surface area contributed by atoms with E-state index in [2.05, 4.69) is 12.2 Å². The number of hydrogen-bond donors (Lipinski definition) is 2. The lowest BCUT2D eigenvalue weighted by molar-refractivity contribution is 0.291. The smallest absolute Gasteiger partial charge is 0.120 e. The molecule has 3 nitrogen and oxygen atoms in total. The lowest BCUT2D eigenvalue weighted by Gasteiger charge is -2.31. The average Bonchev–Trinajstić information content (AvgIpc) is 2.74.